The maximum absolute atomic E-state index is 12.0. The van der Waals surface area contributed by atoms with E-state index in [1.54, 1.807) is 48.8 Å². The molecule has 118 valence electrons. The number of carbonyl (C=O) groups excluding carboxylic acids is 1. The third-order valence-corrected chi connectivity index (χ3v) is 3.16. The van der Waals surface area contributed by atoms with E-state index in [9.17, 15) is 4.79 Å². The summed E-state index contributed by atoms with van der Waals surface area (Å²) in [5.41, 5.74) is 4.22. The fraction of sp³-hybridized carbons (Fsp3) is 0. The van der Waals surface area contributed by atoms with Crippen molar-refractivity contribution in [1.29, 1.82) is 0 Å². The van der Waals surface area contributed by atoms with E-state index < -0.39 is 0 Å². The molecule has 2 aromatic carbocycles. The number of ether oxygens (including phenoxy) is 1. The van der Waals surface area contributed by atoms with Crippen LogP contribution in [0.5, 0.6) is 5.75 Å². The summed E-state index contributed by atoms with van der Waals surface area (Å²) in [6.07, 6.45) is 3.35. The summed E-state index contributed by atoms with van der Waals surface area (Å²) in [5, 5.41) is 4.10. The van der Waals surface area contributed by atoms with Crippen LogP contribution >= 0.6 is 0 Å². The van der Waals surface area contributed by atoms with Gasteiger partial charge in [0.2, 0.25) is 0 Å². The van der Waals surface area contributed by atoms with Crippen molar-refractivity contribution >= 4 is 18.0 Å². The zero-order valence-electron chi connectivity index (χ0n) is 12.8. The van der Waals surface area contributed by atoms with Crippen LogP contribution in [0.25, 0.3) is 0 Å². The third-order valence-electron chi connectivity index (χ3n) is 3.16. The van der Waals surface area contributed by atoms with Gasteiger partial charge >= 0.3 is 5.97 Å². The number of nitrogens with zero attached hydrogens (tertiary/aromatic N) is 2. The summed E-state index contributed by atoms with van der Waals surface area (Å²) >= 11 is 0. The van der Waals surface area contributed by atoms with Crippen molar-refractivity contribution in [2.45, 2.75) is 0 Å². The number of aromatic nitrogens is 1. The van der Waals surface area contributed by atoms with Crippen LogP contribution in [0.2, 0.25) is 0 Å². The Morgan fingerprint density at radius 2 is 1.71 bits per heavy atom. The van der Waals surface area contributed by atoms with Crippen LogP contribution in [-0.4, -0.2) is 17.2 Å². The number of pyridine rings is 1. The van der Waals surface area contributed by atoms with Gasteiger partial charge in [-0.1, -0.05) is 24.3 Å². The summed E-state index contributed by atoms with van der Waals surface area (Å²) in [6.45, 7) is 0. The molecule has 3 aromatic rings. The van der Waals surface area contributed by atoms with Crippen molar-refractivity contribution in [3.05, 3.63) is 90.1 Å². The monoisotopic (exact) mass is 317 g/mol. The van der Waals surface area contributed by atoms with Crippen LogP contribution in [0.15, 0.2) is 84.1 Å². The van der Waals surface area contributed by atoms with E-state index in [2.05, 4.69) is 15.5 Å². The molecule has 24 heavy (non-hydrogen) atoms. The van der Waals surface area contributed by atoms with Gasteiger partial charge in [0.25, 0.3) is 0 Å². The molecule has 0 aliphatic carbocycles. The molecular weight excluding hydrogens is 302 g/mol. The van der Waals surface area contributed by atoms with Crippen LogP contribution < -0.4 is 10.2 Å². The topological polar surface area (TPSA) is 63.6 Å². The maximum Gasteiger partial charge on any atom is 0.343 e. The highest BCUT2D eigenvalue weighted by Crippen LogP contribution is 2.13. The molecule has 0 atom stereocenters. The molecule has 0 amide bonds. The largest absolute Gasteiger partial charge is 0.423 e. The Hall–Kier alpha value is -3.47. The number of hydrazone groups is 1. The van der Waals surface area contributed by atoms with E-state index in [0.717, 1.165) is 5.56 Å². The number of carbonyl (C=O) groups is 1. The molecule has 0 aliphatic rings. The average molecular weight is 317 g/mol. The van der Waals surface area contributed by atoms with Gasteiger partial charge in [0, 0.05) is 6.20 Å². The highest BCUT2D eigenvalue weighted by Gasteiger charge is 2.07. The molecule has 3 rings (SSSR count). The molecule has 5 heteroatoms. The molecule has 0 radical (unpaired) electrons. The van der Waals surface area contributed by atoms with Gasteiger partial charge in [0.15, 0.2) is 0 Å². The number of nitrogens with one attached hydrogen (secondary N) is 1. The smallest absolute Gasteiger partial charge is 0.343 e. The summed E-state index contributed by atoms with van der Waals surface area (Å²) in [4.78, 5) is 16.1. The number of anilines is 1. The minimum atomic E-state index is -0.381. The maximum atomic E-state index is 12.0. The second kappa shape index (κ2) is 7.69. The first-order valence-corrected chi connectivity index (χ1v) is 7.39. The zero-order valence-corrected chi connectivity index (χ0v) is 12.8. The van der Waals surface area contributed by atoms with Gasteiger partial charge < -0.3 is 4.74 Å². The first-order chi connectivity index (χ1) is 11.8. The van der Waals surface area contributed by atoms with Crippen molar-refractivity contribution in [3.63, 3.8) is 0 Å². The predicted molar refractivity (Wildman–Crippen MR) is 93.3 cm³/mol. The van der Waals surface area contributed by atoms with Gasteiger partial charge in [-0.15, -0.1) is 0 Å². The minimum absolute atomic E-state index is 0.381. The second-order valence-electron chi connectivity index (χ2n) is 4.91. The molecule has 1 aromatic heterocycles. The highest BCUT2D eigenvalue weighted by atomic mass is 16.5. The molecule has 0 saturated carbocycles. The lowest BCUT2D eigenvalue weighted by atomic mass is 10.2. The summed E-state index contributed by atoms with van der Waals surface area (Å²) in [6, 6.07) is 21.5. The summed E-state index contributed by atoms with van der Waals surface area (Å²) in [5.74, 6) is 0.773. The quantitative estimate of drug-likeness (QED) is 0.337. The lowest BCUT2D eigenvalue weighted by molar-refractivity contribution is 0.0735. The zero-order chi connectivity index (χ0) is 16.6. The minimum Gasteiger partial charge on any atom is -0.423 e. The third kappa shape index (κ3) is 4.27. The molecule has 0 fully saturated rings. The molecule has 0 spiro atoms. The van der Waals surface area contributed by atoms with Crippen LogP contribution in [0, 0.1) is 0 Å². The highest BCUT2D eigenvalue weighted by molar-refractivity contribution is 5.91. The fourth-order valence-corrected chi connectivity index (χ4v) is 1.96. The number of rotatable bonds is 5. The number of hydrogen-bond donors (Lipinski definition) is 1. The van der Waals surface area contributed by atoms with E-state index in [-0.39, 0.29) is 5.97 Å². The van der Waals surface area contributed by atoms with Crippen molar-refractivity contribution in [2.75, 3.05) is 5.43 Å². The molecule has 0 unspecified atom stereocenters. The van der Waals surface area contributed by atoms with E-state index in [1.807, 2.05) is 36.4 Å². The average Bonchev–Trinajstić information content (AvgIpc) is 2.65. The molecule has 0 saturated heterocycles. The first kappa shape index (κ1) is 15.4. The molecule has 5 nitrogen and oxygen atoms in total. The first-order valence-electron chi connectivity index (χ1n) is 7.39. The van der Waals surface area contributed by atoms with Gasteiger partial charge in [-0.05, 0) is 54.1 Å². The predicted octanol–water partition coefficient (Wildman–Crippen LogP) is 3.75. The van der Waals surface area contributed by atoms with Crippen molar-refractivity contribution < 1.29 is 9.53 Å². The normalized spacial score (nSPS) is 10.5. The Morgan fingerprint density at radius 3 is 2.42 bits per heavy atom. The lowest BCUT2D eigenvalue weighted by Gasteiger charge is -2.04. The van der Waals surface area contributed by atoms with Gasteiger partial charge in [-0.2, -0.15) is 5.10 Å². The van der Waals surface area contributed by atoms with Gasteiger partial charge in [0.05, 0.1) is 11.8 Å². The van der Waals surface area contributed by atoms with Crippen molar-refractivity contribution in [2.24, 2.45) is 5.10 Å². The standard InChI is InChI=1S/C19H15N3O2/c23-19(16-6-2-1-3-7-16)24-17-11-9-15(10-12-17)14-21-22-18-8-4-5-13-20-18/h1-14H,(H,20,22)/b21-14+. The van der Waals surface area contributed by atoms with Crippen molar-refractivity contribution in [1.82, 2.24) is 4.98 Å². The SMILES string of the molecule is O=C(Oc1ccc(/C=N/Nc2ccccn2)cc1)c1ccccc1. The Bertz CT molecular complexity index is 816. The Kier molecular flexibility index (Phi) is 4.94. The van der Waals surface area contributed by atoms with E-state index in [1.165, 1.54) is 0 Å². The molecule has 0 bridgehead atoms. The van der Waals surface area contributed by atoms with E-state index in [4.69, 9.17) is 4.74 Å². The molecule has 1 heterocycles. The Labute approximate surface area is 139 Å². The summed E-state index contributed by atoms with van der Waals surface area (Å²) in [7, 11) is 0. The Morgan fingerprint density at radius 1 is 0.958 bits per heavy atom. The molecular formula is C19H15N3O2. The number of esters is 1. The van der Waals surface area contributed by atoms with Crippen LogP contribution in [0.4, 0.5) is 5.82 Å². The van der Waals surface area contributed by atoms with Gasteiger partial charge in [-0.25, -0.2) is 9.78 Å². The fourth-order valence-electron chi connectivity index (χ4n) is 1.96. The summed E-state index contributed by atoms with van der Waals surface area (Å²) < 4.78 is 5.32. The van der Waals surface area contributed by atoms with Crippen LogP contribution in [-0.2, 0) is 0 Å². The van der Waals surface area contributed by atoms with Gasteiger partial charge in [-0.3, -0.25) is 5.43 Å². The molecule has 1 N–H and O–H groups in total. The van der Waals surface area contributed by atoms with Crippen molar-refractivity contribution in [3.8, 4) is 5.75 Å². The van der Waals surface area contributed by atoms with Gasteiger partial charge in [0.1, 0.15) is 11.6 Å². The van der Waals surface area contributed by atoms with Crippen LogP contribution in [0.3, 0.4) is 0 Å². The van der Waals surface area contributed by atoms with E-state index >= 15 is 0 Å². The lowest BCUT2D eigenvalue weighted by Crippen LogP contribution is -2.08. The number of hydrogen-bond acceptors (Lipinski definition) is 5. The molecule has 0 aliphatic heterocycles. The second-order valence-corrected chi connectivity index (χ2v) is 4.91. The van der Waals surface area contributed by atoms with Crippen LogP contribution in [0.1, 0.15) is 15.9 Å². The Balaban J connectivity index is 1.58. The van der Waals surface area contributed by atoms with E-state index in [0.29, 0.717) is 17.1 Å². The number of benzene rings is 2.